The monoisotopic (exact) mass is 332 g/mol. The zero-order valence-electron chi connectivity index (χ0n) is 13.9. The van der Waals surface area contributed by atoms with Crippen molar-refractivity contribution >= 4 is 5.91 Å². The molecule has 0 aliphatic carbocycles. The van der Waals surface area contributed by atoms with Gasteiger partial charge in [-0.3, -0.25) is 14.9 Å². The highest BCUT2D eigenvalue weighted by Gasteiger charge is 2.32. The van der Waals surface area contributed by atoms with Crippen LogP contribution in [0.15, 0.2) is 60.8 Å². The second-order valence-electron chi connectivity index (χ2n) is 6.34. The Hall–Kier alpha value is -2.95. The van der Waals surface area contributed by atoms with Gasteiger partial charge in [-0.15, -0.1) is 0 Å². The molecule has 1 atom stereocenters. The molecule has 3 aromatic rings. The van der Waals surface area contributed by atoms with Gasteiger partial charge in [-0.2, -0.15) is 5.10 Å². The lowest BCUT2D eigenvalue weighted by atomic mass is 10.1. The van der Waals surface area contributed by atoms with E-state index >= 15 is 0 Å². The van der Waals surface area contributed by atoms with Crippen molar-refractivity contribution in [1.82, 2.24) is 20.1 Å². The largest absolute Gasteiger partial charge is 0.329 e. The van der Waals surface area contributed by atoms with Crippen molar-refractivity contribution in [1.29, 1.82) is 0 Å². The van der Waals surface area contributed by atoms with E-state index in [0.29, 0.717) is 5.69 Å². The molecule has 1 aliphatic rings. The molecular weight excluding hydrogens is 312 g/mol. The van der Waals surface area contributed by atoms with Gasteiger partial charge < -0.3 is 4.90 Å². The summed E-state index contributed by atoms with van der Waals surface area (Å²) >= 11 is 0. The van der Waals surface area contributed by atoms with E-state index in [-0.39, 0.29) is 11.9 Å². The Morgan fingerprint density at radius 1 is 1.12 bits per heavy atom. The molecule has 5 heteroatoms. The van der Waals surface area contributed by atoms with Gasteiger partial charge in [0.25, 0.3) is 5.91 Å². The van der Waals surface area contributed by atoms with Crippen molar-refractivity contribution in [2.45, 2.75) is 25.3 Å². The number of aromatic amines is 1. The SMILES string of the molecule is O=C(c1ccn[nH]1)N1CCCC1c1cccc(Cc2ccccc2)n1. The van der Waals surface area contributed by atoms with E-state index in [4.69, 9.17) is 4.98 Å². The first-order valence-electron chi connectivity index (χ1n) is 8.61. The minimum atomic E-state index is -0.00439. The van der Waals surface area contributed by atoms with Crippen LogP contribution in [0.4, 0.5) is 0 Å². The number of hydrogen-bond acceptors (Lipinski definition) is 3. The number of likely N-dealkylation sites (tertiary alicyclic amines) is 1. The minimum absolute atomic E-state index is 0.00439. The Balaban J connectivity index is 1.56. The summed E-state index contributed by atoms with van der Waals surface area (Å²) < 4.78 is 0. The Morgan fingerprint density at radius 2 is 2.00 bits per heavy atom. The third kappa shape index (κ3) is 3.31. The number of rotatable bonds is 4. The molecule has 1 amide bonds. The highest BCUT2D eigenvalue weighted by atomic mass is 16.2. The first-order valence-corrected chi connectivity index (χ1v) is 8.61. The lowest BCUT2D eigenvalue weighted by molar-refractivity contribution is 0.0726. The molecule has 5 nitrogen and oxygen atoms in total. The van der Waals surface area contributed by atoms with E-state index in [0.717, 1.165) is 37.2 Å². The summed E-state index contributed by atoms with van der Waals surface area (Å²) in [5, 5.41) is 6.65. The molecule has 3 heterocycles. The average molecular weight is 332 g/mol. The van der Waals surface area contributed by atoms with Crippen LogP contribution in [0.25, 0.3) is 0 Å². The molecule has 0 radical (unpaired) electrons. The van der Waals surface area contributed by atoms with Crippen molar-refractivity contribution in [2.24, 2.45) is 0 Å². The van der Waals surface area contributed by atoms with E-state index in [1.165, 1.54) is 5.56 Å². The molecule has 1 saturated heterocycles. The number of pyridine rings is 1. The van der Waals surface area contributed by atoms with Gasteiger partial charge in [-0.1, -0.05) is 36.4 Å². The molecule has 0 saturated carbocycles. The predicted molar refractivity (Wildman–Crippen MR) is 95.1 cm³/mol. The van der Waals surface area contributed by atoms with Crippen LogP contribution in [-0.2, 0) is 6.42 Å². The summed E-state index contributed by atoms with van der Waals surface area (Å²) in [5.74, 6) is -0.00439. The molecule has 0 spiro atoms. The quantitative estimate of drug-likeness (QED) is 0.797. The van der Waals surface area contributed by atoms with Crippen molar-refractivity contribution in [3.05, 3.63) is 83.4 Å². The summed E-state index contributed by atoms with van der Waals surface area (Å²) in [4.78, 5) is 19.4. The summed E-state index contributed by atoms with van der Waals surface area (Å²) in [5.41, 5.74) is 3.78. The van der Waals surface area contributed by atoms with Gasteiger partial charge in [0.15, 0.2) is 0 Å². The van der Waals surface area contributed by atoms with Crippen molar-refractivity contribution in [2.75, 3.05) is 6.54 Å². The summed E-state index contributed by atoms with van der Waals surface area (Å²) in [6.45, 7) is 0.757. The first kappa shape index (κ1) is 15.6. The molecule has 126 valence electrons. The van der Waals surface area contributed by atoms with Gasteiger partial charge in [0.05, 0.1) is 11.7 Å². The molecule has 1 N–H and O–H groups in total. The van der Waals surface area contributed by atoms with Gasteiger partial charge >= 0.3 is 0 Å². The number of carbonyl (C=O) groups is 1. The average Bonchev–Trinajstić information content (AvgIpc) is 3.34. The smallest absolute Gasteiger partial charge is 0.272 e. The van der Waals surface area contributed by atoms with Crippen molar-refractivity contribution in [3.63, 3.8) is 0 Å². The van der Waals surface area contributed by atoms with Gasteiger partial charge in [0.1, 0.15) is 5.69 Å². The molecule has 1 aromatic carbocycles. The molecule has 0 bridgehead atoms. The number of aromatic nitrogens is 3. The molecule has 25 heavy (non-hydrogen) atoms. The molecule has 1 unspecified atom stereocenters. The van der Waals surface area contributed by atoms with Crippen LogP contribution in [0.5, 0.6) is 0 Å². The third-order valence-electron chi connectivity index (χ3n) is 4.64. The number of H-pyrrole nitrogens is 1. The van der Waals surface area contributed by atoms with E-state index < -0.39 is 0 Å². The van der Waals surface area contributed by atoms with Crippen LogP contribution in [0, 0.1) is 0 Å². The van der Waals surface area contributed by atoms with Gasteiger partial charge in [-0.05, 0) is 36.6 Å². The molecule has 1 fully saturated rings. The predicted octanol–water partition coefficient (Wildman–Crippen LogP) is 3.37. The van der Waals surface area contributed by atoms with Crippen LogP contribution in [0.2, 0.25) is 0 Å². The van der Waals surface area contributed by atoms with Crippen molar-refractivity contribution < 1.29 is 4.79 Å². The maximum Gasteiger partial charge on any atom is 0.272 e. The summed E-state index contributed by atoms with van der Waals surface area (Å²) in [6, 6.07) is 18.2. The zero-order chi connectivity index (χ0) is 17.1. The maximum atomic E-state index is 12.7. The lowest BCUT2D eigenvalue weighted by Crippen LogP contribution is -2.31. The number of nitrogens with zero attached hydrogens (tertiary/aromatic N) is 3. The Kier molecular flexibility index (Phi) is 4.29. The highest BCUT2D eigenvalue weighted by Crippen LogP contribution is 2.32. The molecule has 4 rings (SSSR count). The minimum Gasteiger partial charge on any atom is -0.329 e. The molecule has 1 aliphatic heterocycles. The van der Waals surface area contributed by atoms with Gasteiger partial charge in [-0.25, -0.2) is 0 Å². The fraction of sp³-hybridized carbons (Fsp3) is 0.250. The zero-order valence-corrected chi connectivity index (χ0v) is 13.9. The first-order chi connectivity index (χ1) is 12.3. The standard InChI is InChI=1S/C20H20N4O/c25-20(18-11-12-21-23-18)24-13-5-10-19(24)17-9-4-8-16(22-17)14-15-6-2-1-3-7-15/h1-4,6-9,11-12,19H,5,10,13-14H2,(H,21,23). The summed E-state index contributed by atoms with van der Waals surface area (Å²) in [7, 11) is 0. The van der Waals surface area contributed by atoms with E-state index in [2.05, 4.69) is 22.3 Å². The topological polar surface area (TPSA) is 61.9 Å². The maximum absolute atomic E-state index is 12.7. The number of hydrogen-bond donors (Lipinski definition) is 1. The van der Waals surface area contributed by atoms with Crippen LogP contribution in [0.1, 0.15) is 46.3 Å². The number of nitrogens with one attached hydrogen (secondary N) is 1. The second-order valence-corrected chi connectivity index (χ2v) is 6.34. The highest BCUT2D eigenvalue weighted by molar-refractivity contribution is 5.92. The Morgan fingerprint density at radius 3 is 2.80 bits per heavy atom. The van der Waals surface area contributed by atoms with Crippen LogP contribution >= 0.6 is 0 Å². The number of benzene rings is 1. The second kappa shape index (κ2) is 6.89. The lowest BCUT2D eigenvalue weighted by Gasteiger charge is -2.24. The normalized spacial score (nSPS) is 17.0. The van der Waals surface area contributed by atoms with Crippen LogP contribution in [-0.4, -0.2) is 32.5 Å². The van der Waals surface area contributed by atoms with Gasteiger partial charge in [0, 0.05) is 24.9 Å². The molecule has 2 aromatic heterocycles. The van der Waals surface area contributed by atoms with Crippen molar-refractivity contribution in [3.8, 4) is 0 Å². The van der Waals surface area contributed by atoms with E-state index in [1.54, 1.807) is 12.3 Å². The van der Waals surface area contributed by atoms with Gasteiger partial charge in [0.2, 0.25) is 0 Å². The summed E-state index contributed by atoms with van der Waals surface area (Å²) in [6.07, 6.45) is 4.35. The van der Waals surface area contributed by atoms with Crippen LogP contribution < -0.4 is 0 Å². The number of amides is 1. The fourth-order valence-corrected chi connectivity index (χ4v) is 3.43. The third-order valence-corrected chi connectivity index (χ3v) is 4.64. The van der Waals surface area contributed by atoms with E-state index in [1.807, 2.05) is 41.3 Å². The number of carbonyl (C=O) groups excluding carboxylic acids is 1. The Labute approximate surface area is 146 Å². The van der Waals surface area contributed by atoms with E-state index in [9.17, 15) is 4.79 Å². The Bertz CT molecular complexity index is 845. The van der Waals surface area contributed by atoms with Crippen LogP contribution in [0.3, 0.4) is 0 Å². The fourth-order valence-electron chi connectivity index (χ4n) is 3.43. The molecular formula is C20H20N4O.